The van der Waals surface area contributed by atoms with Gasteiger partial charge in [-0.3, -0.25) is 9.80 Å². The fourth-order valence-electron chi connectivity index (χ4n) is 3.58. The Bertz CT molecular complexity index is 782. The number of hydrogen-bond donors (Lipinski definition) is 2. The molecule has 2 aliphatic rings. The Balaban J connectivity index is 0.000000362. The van der Waals surface area contributed by atoms with Crippen LogP contribution in [0, 0.1) is 6.92 Å². The zero-order chi connectivity index (χ0) is 26.8. The Morgan fingerprint density at radius 1 is 1.03 bits per heavy atom. The molecule has 0 radical (unpaired) electrons. The number of alkyl halides is 6. The molecule has 2 unspecified atom stereocenters. The summed E-state index contributed by atoms with van der Waals surface area (Å²) >= 11 is 0. The molecule has 0 aliphatic carbocycles. The minimum absolute atomic E-state index is 0.512. The van der Waals surface area contributed by atoms with Crippen LogP contribution in [0.2, 0.25) is 0 Å². The van der Waals surface area contributed by atoms with E-state index in [4.69, 9.17) is 29.3 Å². The van der Waals surface area contributed by atoms with Crippen molar-refractivity contribution in [2.45, 2.75) is 37.9 Å². The van der Waals surface area contributed by atoms with Crippen molar-refractivity contribution in [1.82, 2.24) is 9.80 Å². The average molecular weight is 518 g/mol. The maximum atomic E-state index is 10.6. The Labute approximate surface area is 198 Å². The lowest BCUT2D eigenvalue weighted by Crippen LogP contribution is -2.64. The molecule has 1 aromatic rings. The minimum Gasteiger partial charge on any atom is -0.475 e. The molecule has 2 aliphatic heterocycles. The van der Waals surface area contributed by atoms with Crippen LogP contribution in [0.1, 0.15) is 11.1 Å². The van der Waals surface area contributed by atoms with Crippen molar-refractivity contribution >= 4 is 11.9 Å². The number of carbonyl (C=O) groups is 2. The Kier molecular flexibility index (Phi) is 11.9. The third-order valence-electron chi connectivity index (χ3n) is 5.02. The molecule has 2 fully saturated rings. The van der Waals surface area contributed by atoms with Crippen LogP contribution >= 0.6 is 0 Å². The van der Waals surface area contributed by atoms with Gasteiger partial charge in [0.1, 0.15) is 0 Å². The van der Waals surface area contributed by atoms with Gasteiger partial charge in [0.15, 0.2) is 0 Å². The van der Waals surface area contributed by atoms with Crippen molar-refractivity contribution in [3.8, 4) is 0 Å². The lowest BCUT2D eigenvalue weighted by Gasteiger charge is -2.49. The summed E-state index contributed by atoms with van der Waals surface area (Å²) in [6, 6.07) is 9.87. The van der Waals surface area contributed by atoms with E-state index in [-0.39, 0.29) is 0 Å². The van der Waals surface area contributed by atoms with E-state index in [2.05, 4.69) is 41.0 Å². The van der Waals surface area contributed by atoms with Gasteiger partial charge in [-0.15, -0.1) is 0 Å². The van der Waals surface area contributed by atoms with Gasteiger partial charge in [0.25, 0.3) is 0 Å². The zero-order valence-corrected chi connectivity index (χ0v) is 19.1. The van der Waals surface area contributed by atoms with E-state index in [1.54, 1.807) is 7.11 Å². The quantitative estimate of drug-likeness (QED) is 0.575. The molecule has 2 saturated heterocycles. The van der Waals surface area contributed by atoms with Crippen LogP contribution in [0.3, 0.4) is 0 Å². The molecule has 14 heteroatoms. The lowest BCUT2D eigenvalue weighted by molar-refractivity contribution is -0.193. The molecule has 2 atom stereocenters. The van der Waals surface area contributed by atoms with Crippen molar-refractivity contribution in [2.24, 2.45) is 0 Å². The van der Waals surface area contributed by atoms with E-state index in [1.165, 1.54) is 11.1 Å². The highest BCUT2D eigenvalue weighted by Gasteiger charge is 2.39. The summed E-state index contributed by atoms with van der Waals surface area (Å²) < 4.78 is 74.5. The van der Waals surface area contributed by atoms with Gasteiger partial charge in [-0.05, 0) is 12.5 Å². The average Bonchev–Trinajstić information content (AvgIpc) is 2.71. The summed E-state index contributed by atoms with van der Waals surface area (Å²) in [7, 11) is 1.78. The number of morpholine rings is 1. The summed E-state index contributed by atoms with van der Waals surface area (Å²) in [6.07, 6.45) is -10.2. The van der Waals surface area contributed by atoms with Crippen LogP contribution in [-0.4, -0.2) is 103 Å². The van der Waals surface area contributed by atoms with E-state index in [0.29, 0.717) is 12.1 Å². The monoisotopic (exact) mass is 518 g/mol. The fraction of sp³-hybridized carbons (Fsp3) is 0.619. The van der Waals surface area contributed by atoms with Crippen LogP contribution in [0.4, 0.5) is 26.3 Å². The first-order valence-electron chi connectivity index (χ1n) is 10.4. The highest BCUT2D eigenvalue weighted by Crippen LogP contribution is 2.22. The largest absolute Gasteiger partial charge is 0.490 e. The van der Waals surface area contributed by atoms with Crippen LogP contribution in [0.15, 0.2) is 24.3 Å². The number of halogens is 6. The molecular weight excluding hydrogens is 490 g/mol. The van der Waals surface area contributed by atoms with E-state index >= 15 is 0 Å². The van der Waals surface area contributed by atoms with Crippen molar-refractivity contribution < 1.29 is 55.6 Å². The van der Waals surface area contributed by atoms with Crippen molar-refractivity contribution in [2.75, 3.05) is 46.6 Å². The number of carboxylic acid groups (broad SMARTS) is 2. The van der Waals surface area contributed by atoms with E-state index in [9.17, 15) is 26.3 Å². The first kappa shape index (κ1) is 30.6. The third-order valence-corrected chi connectivity index (χ3v) is 5.02. The molecule has 0 aromatic heterocycles. The predicted octanol–water partition coefficient (Wildman–Crippen LogP) is 2.79. The number of piperazine rings is 1. The van der Waals surface area contributed by atoms with Gasteiger partial charge in [0.05, 0.1) is 19.8 Å². The number of ether oxygens (including phenoxy) is 2. The maximum absolute atomic E-state index is 10.6. The van der Waals surface area contributed by atoms with Crippen molar-refractivity contribution in [1.29, 1.82) is 0 Å². The molecule has 3 rings (SSSR count). The molecule has 200 valence electrons. The Morgan fingerprint density at radius 3 is 1.91 bits per heavy atom. The normalized spacial score (nSPS) is 20.7. The van der Waals surface area contributed by atoms with Gasteiger partial charge < -0.3 is 19.7 Å². The predicted molar refractivity (Wildman–Crippen MR) is 111 cm³/mol. The smallest absolute Gasteiger partial charge is 0.475 e. The molecular formula is C21H28F6N2O6. The SMILES string of the molecule is COCCN1C2COCC1CN(Cc1cccc(C)c1)C2.O=C(O)C(F)(F)F.O=C(O)C(F)(F)F. The van der Waals surface area contributed by atoms with Gasteiger partial charge in [-0.25, -0.2) is 9.59 Å². The molecule has 1 aromatic carbocycles. The number of aliphatic carboxylic acids is 2. The van der Waals surface area contributed by atoms with E-state index < -0.39 is 24.3 Å². The number of benzene rings is 1. The van der Waals surface area contributed by atoms with Crippen LogP contribution < -0.4 is 0 Å². The van der Waals surface area contributed by atoms with Gasteiger partial charge in [0, 0.05) is 45.4 Å². The Hall–Kier alpha value is -2.42. The zero-order valence-electron chi connectivity index (χ0n) is 19.1. The molecule has 2 heterocycles. The van der Waals surface area contributed by atoms with Crippen LogP contribution in [0.5, 0.6) is 0 Å². The summed E-state index contributed by atoms with van der Waals surface area (Å²) in [6.45, 7) is 8.93. The summed E-state index contributed by atoms with van der Waals surface area (Å²) in [4.78, 5) is 23.0. The molecule has 0 saturated carbocycles. The molecule has 0 spiro atoms. The first-order valence-corrected chi connectivity index (χ1v) is 10.4. The molecule has 0 amide bonds. The molecule has 35 heavy (non-hydrogen) atoms. The molecule has 8 nitrogen and oxygen atoms in total. The Morgan fingerprint density at radius 2 is 1.51 bits per heavy atom. The number of hydrogen-bond acceptors (Lipinski definition) is 6. The van der Waals surface area contributed by atoms with Crippen molar-refractivity contribution in [3.63, 3.8) is 0 Å². The van der Waals surface area contributed by atoms with Crippen LogP contribution in [-0.2, 0) is 25.6 Å². The fourth-order valence-corrected chi connectivity index (χ4v) is 3.58. The third kappa shape index (κ3) is 11.2. The first-order chi connectivity index (χ1) is 16.1. The topological polar surface area (TPSA) is 99.5 Å². The number of rotatable bonds is 5. The maximum Gasteiger partial charge on any atom is 0.490 e. The number of methoxy groups -OCH3 is 1. The highest BCUT2D eigenvalue weighted by molar-refractivity contribution is 5.73. The number of carboxylic acids is 2. The van der Waals surface area contributed by atoms with Gasteiger partial charge in [0.2, 0.25) is 0 Å². The summed E-state index contributed by atoms with van der Waals surface area (Å²) in [5.74, 6) is -5.51. The van der Waals surface area contributed by atoms with E-state index in [0.717, 1.165) is 46.0 Å². The second kappa shape index (κ2) is 13.6. The molecule has 2 N–H and O–H groups in total. The number of fused-ring (bicyclic) bond motifs is 2. The van der Waals surface area contributed by atoms with Gasteiger partial charge in [-0.2, -0.15) is 26.3 Å². The van der Waals surface area contributed by atoms with Gasteiger partial charge >= 0.3 is 24.3 Å². The standard InChI is InChI=1S/C17H26N2O2.2C2HF3O2/c1-14-4-3-5-15(8-14)9-18-10-16-12-21-13-17(11-18)19(16)6-7-20-2;2*3-2(4,5)1(6)7/h3-5,8,16-17H,6-7,9-13H2,1-2H3;2*(H,6,7). The number of aryl methyl sites for hydroxylation is 1. The van der Waals surface area contributed by atoms with Crippen LogP contribution in [0.25, 0.3) is 0 Å². The molecule has 2 bridgehead atoms. The van der Waals surface area contributed by atoms with Crippen molar-refractivity contribution in [3.05, 3.63) is 35.4 Å². The highest BCUT2D eigenvalue weighted by atomic mass is 19.4. The minimum atomic E-state index is -5.08. The number of nitrogens with zero attached hydrogens (tertiary/aromatic N) is 2. The summed E-state index contributed by atoms with van der Waals surface area (Å²) in [5.41, 5.74) is 2.76. The second-order valence-corrected chi connectivity index (χ2v) is 7.86. The second-order valence-electron chi connectivity index (χ2n) is 7.86. The summed E-state index contributed by atoms with van der Waals surface area (Å²) in [5, 5.41) is 14.2. The van der Waals surface area contributed by atoms with Gasteiger partial charge in [-0.1, -0.05) is 29.8 Å². The lowest BCUT2D eigenvalue weighted by atomic mass is 10.0. The van der Waals surface area contributed by atoms with E-state index in [1.807, 2.05) is 0 Å².